The minimum absolute atomic E-state index is 0.00760. The molecule has 0 aliphatic heterocycles. The number of carboxylic acid groups (broad SMARTS) is 1. The van der Waals surface area contributed by atoms with Crippen LogP contribution >= 0.6 is 23.2 Å². The molecule has 0 saturated heterocycles. The Hall–Kier alpha value is -3.04. The van der Waals surface area contributed by atoms with Gasteiger partial charge in [-0.25, -0.2) is 9.18 Å². The Morgan fingerprint density at radius 2 is 1.73 bits per heavy atom. The fraction of sp³-hybridized carbons (Fsp3) is 0.182. The first kappa shape index (κ1) is 24.6. The highest BCUT2D eigenvalue weighted by Crippen LogP contribution is 2.35. The van der Waals surface area contributed by atoms with Crippen LogP contribution in [0.3, 0.4) is 0 Å². The van der Waals surface area contributed by atoms with Crippen LogP contribution < -0.4 is 10.3 Å². The maximum Gasteiger partial charge on any atom is 0.419 e. The third kappa shape index (κ3) is 5.66. The number of pyridine rings is 1. The van der Waals surface area contributed by atoms with Gasteiger partial charge in [0.1, 0.15) is 11.6 Å². The topological polar surface area (TPSA) is 68.5 Å². The Morgan fingerprint density at radius 3 is 2.33 bits per heavy atom. The van der Waals surface area contributed by atoms with Gasteiger partial charge in [-0.15, -0.1) is 0 Å². The summed E-state index contributed by atoms with van der Waals surface area (Å²) in [6.45, 7) is -0.448. The smallest absolute Gasteiger partial charge is 0.419 e. The lowest BCUT2D eigenvalue weighted by Gasteiger charge is -2.17. The quantitative estimate of drug-likeness (QED) is 0.411. The van der Waals surface area contributed by atoms with Crippen LogP contribution in [0.15, 0.2) is 53.3 Å². The highest BCUT2D eigenvalue weighted by atomic mass is 35.5. The Kier molecular flexibility index (Phi) is 7.34. The van der Waals surface area contributed by atoms with Crippen LogP contribution in [0.25, 0.3) is 0 Å². The molecular formula is C22H15Cl2F4NO4. The summed E-state index contributed by atoms with van der Waals surface area (Å²) in [5.74, 6) is -3.32. The van der Waals surface area contributed by atoms with Gasteiger partial charge < -0.3 is 14.4 Å². The fourth-order valence-corrected chi connectivity index (χ4v) is 3.59. The molecule has 0 fully saturated rings. The first-order chi connectivity index (χ1) is 15.5. The summed E-state index contributed by atoms with van der Waals surface area (Å²) < 4.78 is 59.5. The molecule has 0 unspecified atom stereocenters. The standard InChI is InChI=1S/C22H15Cl2F4NO4/c23-15-10-16(24)20(30)29(9-8-12-4-6-13(7-5-12)21(31)32)17(15)11-33-18-3-1-2-14(19(18)25)22(26,27)28/h1-7,10H,8-9,11H2,(H,31,32). The monoisotopic (exact) mass is 503 g/mol. The molecule has 3 rings (SSSR count). The molecule has 0 bridgehead atoms. The molecule has 0 radical (unpaired) electrons. The van der Waals surface area contributed by atoms with Crippen molar-refractivity contribution in [3.63, 3.8) is 0 Å². The molecule has 0 amide bonds. The van der Waals surface area contributed by atoms with E-state index in [1.165, 1.54) is 22.8 Å². The number of halogens is 6. The van der Waals surface area contributed by atoms with Crippen LogP contribution in [0.5, 0.6) is 5.75 Å². The molecule has 174 valence electrons. The van der Waals surface area contributed by atoms with E-state index in [0.29, 0.717) is 11.6 Å². The number of rotatable bonds is 7. The number of alkyl halides is 3. The van der Waals surface area contributed by atoms with Gasteiger partial charge in [-0.1, -0.05) is 41.4 Å². The summed E-state index contributed by atoms with van der Waals surface area (Å²) in [6, 6.07) is 9.76. The molecule has 0 saturated carbocycles. The summed E-state index contributed by atoms with van der Waals surface area (Å²) >= 11 is 12.1. The molecule has 3 aromatic rings. The summed E-state index contributed by atoms with van der Waals surface area (Å²) in [7, 11) is 0. The van der Waals surface area contributed by atoms with Crippen LogP contribution in [0.2, 0.25) is 10.0 Å². The maximum atomic E-state index is 14.3. The molecular weight excluding hydrogens is 489 g/mol. The number of aromatic carboxylic acids is 1. The highest BCUT2D eigenvalue weighted by Gasteiger charge is 2.35. The number of nitrogens with zero attached hydrogens (tertiary/aromatic N) is 1. The molecule has 33 heavy (non-hydrogen) atoms. The Labute approximate surface area is 194 Å². The van der Waals surface area contributed by atoms with E-state index in [1.807, 2.05) is 0 Å². The van der Waals surface area contributed by atoms with E-state index in [9.17, 15) is 27.2 Å². The van der Waals surface area contributed by atoms with Gasteiger partial charge in [0.25, 0.3) is 5.56 Å². The van der Waals surface area contributed by atoms with Gasteiger partial charge in [0.2, 0.25) is 0 Å². The molecule has 1 aromatic heterocycles. The number of hydrogen-bond donors (Lipinski definition) is 1. The molecule has 1 N–H and O–H groups in total. The van der Waals surface area contributed by atoms with Gasteiger partial charge in [-0.05, 0) is 42.3 Å². The van der Waals surface area contributed by atoms with Crippen molar-refractivity contribution >= 4 is 29.2 Å². The maximum absolute atomic E-state index is 14.3. The Balaban J connectivity index is 1.87. The van der Waals surface area contributed by atoms with Crippen molar-refractivity contribution in [1.82, 2.24) is 4.57 Å². The molecule has 2 aromatic carbocycles. The third-order valence-electron chi connectivity index (χ3n) is 4.76. The van der Waals surface area contributed by atoms with E-state index in [1.54, 1.807) is 12.1 Å². The summed E-state index contributed by atoms with van der Waals surface area (Å²) in [6.07, 6.45) is -4.62. The van der Waals surface area contributed by atoms with Crippen molar-refractivity contribution in [2.24, 2.45) is 0 Å². The SMILES string of the molecule is O=C(O)c1ccc(CCn2c(COc3cccc(C(F)(F)F)c3F)c(Cl)cc(Cl)c2=O)cc1. The number of aromatic nitrogens is 1. The van der Waals surface area contributed by atoms with Crippen LogP contribution in [-0.4, -0.2) is 15.6 Å². The molecule has 11 heteroatoms. The van der Waals surface area contributed by atoms with Crippen molar-refractivity contribution in [2.75, 3.05) is 0 Å². The second-order valence-electron chi connectivity index (χ2n) is 6.90. The van der Waals surface area contributed by atoms with Crippen LogP contribution in [0, 0.1) is 5.82 Å². The van der Waals surface area contributed by atoms with Crippen molar-refractivity contribution in [1.29, 1.82) is 0 Å². The zero-order valence-electron chi connectivity index (χ0n) is 16.6. The van der Waals surface area contributed by atoms with Gasteiger partial charge in [-0.2, -0.15) is 13.2 Å². The number of hydrogen-bond acceptors (Lipinski definition) is 3. The molecule has 0 aliphatic rings. The predicted octanol–water partition coefficient (Wildman–Crippen LogP) is 5.83. The van der Waals surface area contributed by atoms with Crippen molar-refractivity contribution < 1.29 is 32.2 Å². The zero-order valence-corrected chi connectivity index (χ0v) is 18.1. The number of carbonyl (C=O) groups is 1. The van der Waals surface area contributed by atoms with Crippen LogP contribution in [-0.2, 0) is 25.7 Å². The van der Waals surface area contributed by atoms with Gasteiger partial charge in [-0.3, -0.25) is 4.79 Å². The van der Waals surface area contributed by atoms with Gasteiger partial charge in [0.15, 0.2) is 11.6 Å². The number of benzene rings is 2. The van der Waals surface area contributed by atoms with Crippen LogP contribution in [0.4, 0.5) is 17.6 Å². The molecule has 5 nitrogen and oxygen atoms in total. The normalized spacial score (nSPS) is 11.5. The second kappa shape index (κ2) is 9.84. The van der Waals surface area contributed by atoms with E-state index >= 15 is 0 Å². The van der Waals surface area contributed by atoms with E-state index < -0.39 is 41.4 Å². The molecule has 0 spiro atoms. The Bertz CT molecular complexity index is 1240. The van der Waals surface area contributed by atoms with Gasteiger partial charge in [0.05, 0.1) is 21.8 Å². The number of aryl methyl sites for hydroxylation is 1. The molecule has 0 aliphatic carbocycles. The number of carboxylic acids is 1. The summed E-state index contributed by atoms with van der Waals surface area (Å²) in [5.41, 5.74) is -1.21. The summed E-state index contributed by atoms with van der Waals surface area (Å²) in [5, 5.41) is 8.80. The number of ether oxygens (including phenoxy) is 1. The third-order valence-corrected chi connectivity index (χ3v) is 5.36. The van der Waals surface area contributed by atoms with Crippen molar-refractivity contribution in [3.8, 4) is 5.75 Å². The largest absolute Gasteiger partial charge is 0.484 e. The fourth-order valence-electron chi connectivity index (χ4n) is 3.06. The van der Waals surface area contributed by atoms with Crippen molar-refractivity contribution in [2.45, 2.75) is 25.7 Å². The lowest BCUT2D eigenvalue weighted by atomic mass is 10.1. The minimum atomic E-state index is -4.90. The van der Waals surface area contributed by atoms with E-state index in [2.05, 4.69) is 0 Å². The average Bonchev–Trinajstić information content (AvgIpc) is 2.75. The first-order valence-electron chi connectivity index (χ1n) is 9.37. The predicted molar refractivity (Wildman–Crippen MR) is 114 cm³/mol. The second-order valence-corrected chi connectivity index (χ2v) is 7.71. The average molecular weight is 504 g/mol. The summed E-state index contributed by atoms with van der Waals surface area (Å²) in [4.78, 5) is 23.6. The molecule has 0 atom stereocenters. The Morgan fingerprint density at radius 1 is 1.06 bits per heavy atom. The van der Waals surface area contributed by atoms with E-state index in [0.717, 1.165) is 12.1 Å². The molecule has 1 heterocycles. The van der Waals surface area contributed by atoms with Gasteiger partial charge in [0, 0.05) is 6.54 Å². The lowest BCUT2D eigenvalue weighted by Crippen LogP contribution is -2.26. The van der Waals surface area contributed by atoms with E-state index in [-0.39, 0.29) is 34.3 Å². The van der Waals surface area contributed by atoms with Crippen LogP contribution in [0.1, 0.15) is 27.2 Å². The zero-order chi connectivity index (χ0) is 24.3. The van der Waals surface area contributed by atoms with Crippen molar-refractivity contribution in [3.05, 3.63) is 97.1 Å². The van der Waals surface area contributed by atoms with E-state index in [4.69, 9.17) is 33.0 Å². The highest BCUT2D eigenvalue weighted by molar-refractivity contribution is 6.34. The van der Waals surface area contributed by atoms with Gasteiger partial charge >= 0.3 is 12.1 Å². The lowest BCUT2D eigenvalue weighted by molar-refractivity contribution is -0.140. The minimum Gasteiger partial charge on any atom is -0.484 e. The first-order valence-corrected chi connectivity index (χ1v) is 10.1.